The Balaban J connectivity index is 0.794. The molecule has 0 radical (unpaired) electrons. The zero-order chi connectivity index (χ0) is 44.0. The average Bonchev–Trinajstić information content (AvgIpc) is 3.35. The molecule has 8 heteroatoms. The Kier molecular flexibility index (Phi) is 17.2. The van der Waals surface area contributed by atoms with E-state index < -0.39 is 0 Å². The van der Waals surface area contributed by atoms with Crippen LogP contribution in [0.4, 0.5) is 0 Å². The number of aromatic nitrogens is 1. The molecule has 2 N–H and O–H groups in total. The van der Waals surface area contributed by atoms with Gasteiger partial charge >= 0.3 is 0 Å². The van der Waals surface area contributed by atoms with Gasteiger partial charge in [-0.15, -0.1) is 0 Å². The summed E-state index contributed by atoms with van der Waals surface area (Å²) in [4.78, 5) is 14.3. The van der Waals surface area contributed by atoms with Crippen LogP contribution in [0.3, 0.4) is 0 Å². The SMILES string of the molecule is C=C(C=N[C@@H](COCc1ccc2ccccc2c1)c1ccccc1)/C=C\C(=C/N)OCCCCCOc1ccc(C=N[C@@H](COCc2ccc3ccccc3c2)c2ccccc2)nc1. The predicted molar refractivity (Wildman–Crippen MR) is 262 cm³/mol. The third-order valence-corrected chi connectivity index (χ3v) is 10.6. The number of allylic oxidation sites excluding steroid dienone is 3. The van der Waals surface area contributed by atoms with Crippen LogP contribution in [-0.2, 0) is 27.4 Å². The maximum atomic E-state index is 6.18. The summed E-state index contributed by atoms with van der Waals surface area (Å²) in [6.45, 7) is 7.19. The van der Waals surface area contributed by atoms with E-state index in [4.69, 9.17) is 34.7 Å². The van der Waals surface area contributed by atoms with Gasteiger partial charge in [-0.05, 0) is 99.0 Å². The highest BCUT2D eigenvalue weighted by molar-refractivity contribution is 5.84. The van der Waals surface area contributed by atoms with Gasteiger partial charge in [-0.25, -0.2) is 0 Å². The van der Waals surface area contributed by atoms with Crippen LogP contribution in [0.1, 0.15) is 59.3 Å². The van der Waals surface area contributed by atoms with Crippen LogP contribution < -0.4 is 10.5 Å². The lowest BCUT2D eigenvalue weighted by Crippen LogP contribution is -2.07. The zero-order valence-corrected chi connectivity index (χ0v) is 36.3. The minimum atomic E-state index is -0.177. The largest absolute Gasteiger partial charge is 0.492 e. The molecule has 0 amide bonds. The number of nitrogens with two attached hydrogens (primary N) is 1. The van der Waals surface area contributed by atoms with Gasteiger partial charge in [-0.3, -0.25) is 15.0 Å². The van der Waals surface area contributed by atoms with E-state index in [0.29, 0.717) is 45.4 Å². The van der Waals surface area contributed by atoms with Crippen molar-refractivity contribution < 1.29 is 18.9 Å². The minimum absolute atomic E-state index is 0.160. The van der Waals surface area contributed by atoms with Crippen molar-refractivity contribution in [1.29, 1.82) is 0 Å². The topological polar surface area (TPSA) is 101 Å². The maximum Gasteiger partial charge on any atom is 0.137 e. The van der Waals surface area contributed by atoms with E-state index in [1.165, 1.54) is 27.7 Å². The fourth-order valence-electron chi connectivity index (χ4n) is 7.09. The average molecular weight is 849 g/mol. The standard InChI is InChI=1S/C56H56N4O4/c1-43(36-59-55(48-17-5-2-6-18-48)41-61-39-44-24-26-46-15-9-11-21-50(46)33-44)23-29-53(35-57)63-31-13-4-14-32-64-54-30-28-52(58-38-54)37-60-56(49-19-7-3-8-20-49)42-62-40-45-25-27-47-16-10-12-22-51(47)34-45/h2-3,5-12,15-30,33-38,55-56H,1,4,13-14,31-32,39-42,57H2/b29-23-,53-35+,59-36?,60-37?/t55-,56-/m0/s1. The summed E-state index contributed by atoms with van der Waals surface area (Å²) in [6.07, 6.45) is 13.1. The number of unbranched alkanes of at least 4 members (excludes halogenated alkanes) is 2. The van der Waals surface area contributed by atoms with Crippen LogP contribution in [0, 0.1) is 0 Å². The second kappa shape index (κ2) is 24.5. The van der Waals surface area contributed by atoms with Gasteiger partial charge in [-0.2, -0.15) is 0 Å². The van der Waals surface area contributed by atoms with Crippen molar-refractivity contribution in [1.82, 2.24) is 4.98 Å². The van der Waals surface area contributed by atoms with Gasteiger partial charge < -0.3 is 24.7 Å². The first-order valence-corrected chi connectivity index (χ1v) is 21.9. The van der Waals surface area contributed by atoms with Crippen LogP contribution in [0.15, 0.2) is 210 Å². The molecule has 1 aromatic heterocycles. The van der Waals surface area contributed by atoms with Gasteiger partial charge in [0.05, 0.1) is 63.6 Å². The molecule has 0 fully saturated rings. The van der Waals surface area contributed by atoms with Crippen molar-refractivity contribution in [2.45, 2.75) is 44.6 Å². The highest BCUT2D eigenvalue weighted by atomic mass is 16.5. The van der Waals surface area contributed by atoms with Crippen molar-refractivity contribution in [3.8, 4) is 5.75 Å². The molecule has 0 aliphatic carbocycles. The van der Waals surface area contributed by atoms with E-state index in [9.17, 15) is 0 Å². The number of aliphatic imine (C=N–C) groups is 2. The van der Waals surface area contributed by atoms with Gasteiger partial charge in [0.25, 0.3) is 0 Å². The monoisotopic (exact) mass is 848 g/mol. The first kappa shape index (κ1) is 44.9. The lowest BCUT2D eigenvalue weighted by Gasteiger charge is -2.14. The van der Waals surface area contributed by atoms with Gasteiger partial charge in [-0.1, -0.05) is 146 Å². The Labute approximate surface area is 377 Å². The number of pyridine rings is 1. The lowest BCUT2D eigenvalue weighted by molar-refractivity contribution is 0.108. The maximum absolute atomic E-state index is 6.18. The summed E-state index contributed by atoms with van der Waals surface area (Å²) < 4.78 is 24.3. The summed E-state index contributed by atoms with van der Waals surface area (Å²) in [5.41, 5.74) is 11.8. The summed E-state index contributed by atoms with van der Waals surface area (Å²) >= 11 is 0. The molecule has 2 atom stereocenters. The Morgan fingerprint density at radius 1 is 0.594 bits per heavy atom. The van der Waals surface area contributed by atoms with E-state index >= 15 is 0 Å². The molecule has 0 aliphatic rings. The number of hydrogen-bond acceptors (Lipinski definition) is 8. The highest BCUT2D eigenvalue weighted by Gasteiger charge is 2.12. The molecule has 0 unspecified atom stereocenters. The molecule has 1 heterocycles. The van der Waals surface area contributed by atoms with Crippen molar-refractivity contribution in [3.05, 3.63) is 228 Å². The Bertz CT molecular complexity index is 2640. The van der Waals surface area contributed by atoms with E-state index in [-0.39, 0.29) is 12.1 Å². The summed E-state index contributed by atoms with van der Waals surface area (Å²) in [5, 5.41) is 4.85. The molecule has 0 aliphatic heterocycles. The van der Waals surface area contributed by atoms with Gasteiger partial charge in [0, 0.05) is 18.6 Å². The molecular weight excluding hydrogens is 793 g/mol. The first-order valence-electron chi connectivity index (χ1n) is 21.9. The third kappa shape index (κ3) is 14.2. The quantitative estimate of drug-likeness (QED) is 0.0281. The number of ether oxygens (including phenoxy) is 4. The van der Waals surface area contributed by atoms with Gasteiger partial charge in [0.2, 0.25) is 0 Å². The van der Waals surface area contributed by atoms with E-state index in [2.05, 4.69) is 121 Å². The summed E-state index contributed by atoms with van der Waals surface area (Å²) in [6, 6.07) is 53.4. The molecule has 0 saturated heterocycles. The minimum Gasteiger partial charge on any atom is -0.492 e. The second-order valence-corrected chi connectivity index (χ2v) is 15.5. The molecule has 0 spiro atoms. The molecule has 0 bridgehead atoms. The summed E-state index contributed by atoms with van der Waals surface area (Å²) in [5.74, 6) is 1.29. The molecule has 324 valence electrons. The number of rotatable bonds is 24. The molecule has 0 saturated carbocycles. The van der Waals surface area contributed by atoms with Crippen LogP contribution in [0.25, 0.3) is 21.5 Å². The van der Waals surface area contributed by atoms with Crippen LogP contribution >= 0.6 is 0 Å². The third-order valence-electron chi connectivity index (χ3n) is 10.6. The summed E-state index contributed by atoms with van der Waals surface area (Å²) in [7, 11) is 0. The smallest absolute Gasteiger partial charge is 0.137 e. The van der Waals surface area contributed by atoms with Crippen molar-refractivity contribution in [2.24, 2.45) is 15.7 Å². The van der Waals surface area contributed by atoms with Crippen LogP contribution in [0.2, 0.25) is 0 Å². The fourth-order valence-corrected chi connectivity index (χ4v) is 7.09. The Morgan fingerprint density at radius 2 is 1.16 bits per heavy atom. The van der Waals surface area contributed by atoms with Gasteiger partial charge in [0.1, 0.15) is 11.5 Å². The normalized spacial score (nSPS) is 13.0. The predicted octanol–water partition coefficient (Wildman–Crippen LogP) is 12.3. The Morgan fingerprint density at radius 3 is 1.73 bits per heavy atom. The number of benzene rings is 6. The zero-order valence-electron chi connectivity index (χ0n) is 36.3. The molecule has 8 nitrogen and oxygen atoms in total. The van der Waals surface area contributed by atoms with Crippen LogP contribution in [0.5, 0.6) is 5.75 Å². The van der Waals surface area contributed by atoms with E-state index in [1.54, 1.807) is 18.6 Å². The second-order valence-electron chi connectivity index (χ2n) is 15.5. The molecule has 7 aromatic rings. The van der Waals surface area contributed by atoms with E-state index in [0.717, 1.165) is 58.5 Å². The number of fused-ring (bicyclic) bond motifs is 2. The molecular formula is C56H56N4O4. The number of hydrogen-bond donors (Lipinski definition) is 1. The van der Waals surface area contributed by atoms with Gasteiger partial charge in [0.15, 0.2) is 0 Å². The molecule has 6 aromatic carbocycles. The van der Waals surface area contributed by atoms with Crippen LogP contribution in [-0.4, -0.2) is 43.8 Å². The van der Waals surface area contributed by atoms with Crippen molar-refractivity contribution in [3.63, 3.8) is 0 Å². The highest BCUT2D eigenvalue weighted by Crippen LogP contribution is 2.23. The Hall–Kier alpha value is -7.13. The van der Waals surface area contributed by atoms with Crippen molar-refractivity contribution in [2.75, 3.05) is 26.4 Å². The number of nitrogens with zero attached hydrogens (tertiary/aromatic N) is 3. The molecule has 64 heavy (non-hydrogen) atoms. The fraction of sp³-hybridized carbons (Fsp3) is 0.196. The molecule has 7 rings (SSSR count). The van der Waals surface area contributed by atoms with Crippen molar-refractivity contribution >= 4 is 34.0 Å². The van der Waals surface area contributed by atoms with E-state index in [1.807, 2.05) is 60.7 Å². The first-order chi connectivity index (χ1) is 31.6. The lowest BCUT2D eigenvalue weighted by atomic mass is 10.1.